The van der Waals surface area contributed by atoms with Gasteiger partial charge < -0.3 is 14.8 Å². The molecule has 0 atom stereocenters. The summed E-state index contributed by atoms with van der Waals surface area (Å²) < 4.78 is 10.4. The van der Waals surface area contributed by atoms with E-state index in [4.69, 9.17) is 4.74 Å². The molecule has 0 aromatic heterocycles. The summed E-state index contributed by atoms with van der Waals surface area (Å²) in [6.45, 7) is 0.503. The predicted molar refractivity (Wildman–Crippen MR) is 113 cm³/mol. The molecule has 0 aliphatic heterocycles. The lowest BCUT2D eigenvalue weighted by atomic mass is 10.2. The van der Waals surface area contributed by atoms with Gasteiger partial charge in [0, 0.05) is 11.8 Å². The Balaban J connectivity index is 1.54. The molecule has 3 rings (SSSR count). The summed E-state index contributed by atoms with van der Waals surface area (Å²) in [7, 11) is 1.31. The highest BCUT2D eigenvalue weighted by atomic mass is 16.5. The Hall–Kier alpha value is -3.86. The first kappa shape index (κ1) is 19.9. The van der Waals surface area contributed by atoms with Crippen LogP contribution in [0.2, 0.25) is 0 Å². The fourth-order valence-electron chi connectivity index (χ4n) is 2.61. The van der Waals surface area contributed by atoms with Gasteiger partial charge in [0.15, 0.2) is 0 Å². The summed E-state index contributed by atoms with van der Waals surface area (Å²) in [6, 6.07) is 24.0. The van der Waals surface area contributed by atoms with Crippen LogP contribution in [0, 0.1) is 0 Å². The van der Waals surface area contributed by atoms with E-state index in [1.165, 1.54) is 13.2 Å². The van der Waals surface area contributed by atoms with Crippen LogP contribution in [-0.4, -0.2) is 19.0 Å². The van der Waals surface area contributed by atoms with E-state index in [0.717, 1.165) is 16.9 Å². The first-order chi connectivity index (χ1) is 14.1. The second-order valence-electron chi connectivity index (χ2n) is 6.24. The van der Waals surface area contributed by atoms with Crippen molar-refractivity contribution >= 4 is 23.6 Å². The highest BCUT2D eigenvalue weighted by molar-refractivity contribution is 6.02. The summed E-state index contributed by atoms with van der Waals surface area (Å²) in [5.41, 5.74) is 2.87. The number of nitrogens with one attached hydrogen (secondary N) is 1. The van der Waals surface area contributed by atoms with E-state index in [2.05, 4.69) is 10.1 Å². The molecule has 5 heteroatoms. The van der Waals surface area contributed by atoms with Crippen molar-refractivity contribution in [1.82, 2.24) is 0 Å². The van der Waals surface area contributed by atoms with E-state index in [1.54, 1.807) is 30.3 Å². The van der Waals surface area contributed by atoms with E-state index in [9.17, 15) is 9.59 Å². The first-order valence-electron chi connectivity index (χ1n) is 9.08. The number of amides is 1. The number of ether oxygens (including phenoxy) is 2. The smallest absolute Gasteiger partial charge is 0.337 e. The van der Waals surface area contributed by atoms with Gasteiger partial charge in [-0.05, 0) is 47.5 Å². The Bertz CT molecular complexity index is 995. The van der Waals surface area contributed by atoms with Crippen LogP contribution in [0.3, 0.4) is 0 Å². The largest absolute Gasteiger partial charge is 0.489 e. The number of hydrogen-bond donors (Lipinski definition) is 1. The molecular weight excluding hydrogens is 366 g/mol. The van der Waals surface area contributed by atoms with Crippen LogP contribution in [0.25, 0.3) is 6.08 Å². The van der Waals surface area contributed by atoms with Crippen LogP contribution >= 0.6 is 0 Å². The fraction of sp³-hybridized carbons (Fsp3) is 0.0833. The van der Waals surface area contributed by atoms with E-state index < -0.39 is 5.97 Å². The van der Waals surface area contributed by atoms with Crippen molar-refractivity contribution in [3.63, 3.8) is 0 Å². The quantitative estimate of drug-likeness (QED) is 0.471. The molecule has 0 spiro atoms. The van der Waals surface area contributed by atoms with Crippen molar-refractivity contribution in [2.75, 3.05) is 12.4 Å². The second kappa shape index (κ2) is 9.90. The number of carbonyl (C=O) groups excluding carboxylic acids is 2. The molecule has 0 saturated carbocycles. The van der Waals surface area contributed by atoms with Gasteiger partial charge in [0.25, 0.3) is 0 Å². The van der Waals surface area contributed by atoms with E-state index >= 15 is 0 Å². The molecule has 146 valence electrons. The number of methoxy groups -OCH3 is 1. The third kappa shape index (κ3) is 6.07. The molecule has 29 heavy (non-hydrogen) atoms. The van der Waals surface area contributed by atoms with Gasteiger partial charge in [-0.2, -0.15) is 0 Å². The summed E-state index contributed by atoms with van der Waals surface area (Å²) in [5, 5.41) is 2.72. The number of carbonyl (C=O) groups is 2. The minimum atomic E-state index is -0.453. The van der Waals surface area contributed by atoms with E-state index in [-0.39, 0.29) is 5.91 Å². The van der Waals surface area contributed by atoms with Crippen molar-refractivity contribution in [1.29, 1.82) is 0 Å². The van der Waals surface area contributed by atoms with Crippen LogP contribution in [0.5, 0.6) is 5.75 Å². The molecule has 0 saturated heterocycles. The van der Waals surface area contributed by atoms with E-state index in [0.29, 0.717) is 17.9 Å². The number of anilines is 1. The lowest BCUT2D eigenvalue weighted by Gasteiger charge is -2.06. The molecule has 3 aromatic carbocycles. The van der Waals surface area contributed by atoms with Gasteiger partial charge >= 0.3 is 5.97 Å². The average molecular weight is 387 g/mol. The van der Waals surface area contributed by atoms with Crippen LogP contribution in [-0.2, 0) is 16.1 Å². The number of benzene rings is 3. The SMILES string of the molecule is COC(=O)c1cccc(NC(=O)/C=C/c2ccc(OCc3ccccc3)cc2)c1. The Morgan fingerprint density at radius 3 is 2.41 bits per heavy atom. The molecular formula is C24H21NO4. The number of esters is 1. The maximum atomic E-state index is 12.1. The minimum Gasteiger partial charge on any atom is -0.489 e. The van der Waals surface area contributed by atoms with Gasteiger partial charge in [-0.15, -0.1) is 0 Å². The van der Waals surface area contributed by atoms with Gasteiger partial charge in [-0.25, -0.2) is 4.79 Å². The molecule has 0 heterocycles. The molecule has 0 radical (unpaired) electrons. The second-order valence-corrected chi connectivity index (χ2v) is 6.24. The summed E-state index contributed by atoms with van der Waals surface area (Å²) in [4.78, 5) is 23.7. The number of rotatable bonds is 7. The van der Waals surface area contributed by atoms with Crippen molar-refractivity contribution < 1.29 is 19.1 Å². The van der Waals surface area contributed by atoms with Crippen molar-refractivity contribution in [2.24, 2.45) is 0 Å². The Morgan fingerprint density at radius 2 is 1.69 bits per heavy atom. The minimum absolute atomic E-state index is 0.295. The maximum absolute atomic E-state index is 12.1. The zero-order valence-corrected chi connectivity index (χ0v) is 16.0. The van der Waals surface area contributed by atoms with Gasteiger partial charge in [-0.1, -0.05) is 48.5 Å². The van der Waals surface area contributed by atoms with Crippen LogP contribution in [0.4, 0.5) is 5.69 Å². The highest BCUT2D eigenvalue weighted by Crippen LogP contribution is 2.16. The van der Waals surface area contributed by atoms with Crippen LogP contribution in [0.1, 0.15) is 21.5 Å². The molecule has 5 nitrogen and oxygen atoms in total. The fourth-order valence-corrected chi connectivity index (χ4v) is 2.61. The highest BCUT2D eigenvalue weighted by Gasteiger charge is 2.06. The first-order valence-corrected chi connectivity index (χ1v) is 9.08. The molecule has 0 aliphatic rings. The Labute approximate surface area is 169 Å². The van der Waals surface area contributed by atoms with E-state index in [1.807, 2.05) is 54.6 Å². The van der Waals surface area contributed by atoms with Gasteiger partial charge in [-0.3, -0.25) is 4.79 Å². The molecule has 0 bridgehead atoms. The molecule has 0 unspecified atom stereocenters. The summed E-state index contributed by atoms with van der Waals surface area (Å²) >= 11 is 0. The lowest BCUT2D eigenvalue weighted by Crippen LogP contribution is -2.09. The third-order valence-electron chi connectivity index (χ3n) is 4.11. The lowest BCUT2D eigenvalue weighted by molar-refractivity contribution is -0.111. The predicted octanol–water partition coefficient (Wildman–Crippen LogP) is 4.70. The van der Waals surface area contributed by atoms with Gasteiger partial charge in [0.2, 0.25) is 5.91 Å². The van der Waals surface area contributed by atoms with Gasteiger partial charge in [0.1, 0.15) is 12.4 Å². The Morgan fingerprint density at radius 1 is 0.931 bits per heavy atom. The zero-order chi connectivity index (χ0) is 20.5. The van der Waals surface area contributed by atoms with Crippen LogP contribution < -0.4 is 10.1 Å². The average Bonchev–Trinajstić information content (AvgIpc) is 2.77. The van der Waals surface area contributed by atoms with Gasteiger partial charge in [0.05, 0.1) is 12.7 Å². The van der Waals surface area contributed by atoms with Crippen molar-refractivity contribution in [3.05, 3.63) is 102 Å². The normalized spacial score (nSPS) is 10.5. The molecule has 1 amide bonds. The summed E-state index contributed by atoms with van der Waals surface area (Å²) in [6.07, 6.45) is 3.14. The third-order valence-corrected chi connectivity index (χ3v) is 4.11. The molecule has 0 aliphatic carbocycles. The molecule has 3 aromatic rings. The molecule has 0 fully saturated rings. The topological polar surface area (TPSA) is 64.6 Å². The monoisotopic (exact) mass is 387 g/mol. The molecule has 1 N–H and O–H groups in total. The zero-order valence-electron chi connectivity index (χ0n) is 16.0. The Kier molecular flexibility index (Phi) is 6.79. The van der Waals surface area contributed by atoms with Crippen LogP contribution in [0.15, 0.2) is 84.9 Å². The summed E-state index contributed by atoms with van der Waals surface area (Å²) in [5.74, 6) is 0.0118. The van der Waals surface area contributed by atoms with Crippen molar-refractivity contribution in [2.45, 2.75) is 6.61 Å². The number of hydrogen-bond acceptors (Lipinski definition) is 4. The maximum Gasteiger partial charge on any atom is 0.337 e. The standard InChI is InChI=1S/C24H21NO4/c1-28-24(27)20-8-5-9-21(16-20)25-23(26)15-12-18-10-13-22(14-11-18)29-17-19-6-3-2-4-7-19/h2-16H,17H2,1H3,(H,25,26)/b15-12+. The van der Waals surface area contributed by atoms with Crippen molar-refractivity contribution in [3.8, 4) is 5.75 Å².